The lowest BCUT2D eigenvalue weighted by Gasteiger charge is -2.30. The van der Waals surface area contributed by atoms with Crippen LogP contribution in [0.1, 0.15) is 17.0 Å². The largest absolute Gasteiger partial charge is 0.493 e. The van der Waals surface area contributed by atoms with Crippen LogP contribution in [0.25, 0.3) is 0 Å². The summed E-state index contributed by atoms with van der Waals surface area (Å²) in [6.45, 7) is 1.17. The average molecular weight is 411 g/mol. The van der Waals surface area contributed by atoms with Crippen LogP contribution in [-0.4, -0.2) is 47.1 Å². The Morgan fingerprint density at radius 3 is 2.20 bits per heavy atom. The number of carbonyl (C=O) groups is 1. The molecule has 3 aliphatic rings. The lowest BCUT2D eigenvalue weighted by atomic mass is 9.80. The number of hydrogen-bond acceptors (Lipinski definition) is 8. The first-order valence-corrected chi connectivity index (χ1v) is 9.55. The number of anilines is 1. The first kappa shape index (κ1) is 18.5. The summed E-state index contributed by atoms with van der Waals surface area (Å²) in [5, 5.41) is 3.33. The Morgan fingerprint density at radius 2 is 1.57 bits per heavy atom. The Bertz CT molecular complexity index is 1050. The molecule has 3 aliphatic heterocycles. The van der Waals surface area contributed by atoms with Gasteiger partial charge in [0, 0.05) is 17.7 Å². The summed E-state index contributed by atoms with van der Waals surface area (Å²) >= 11 is 0. The molecule has 0 fully saturated rings. The first-order valence-electron chi connectivity index (χ1n) is 9.55. The van der Waals surface area contributed by atoms with E-state index >= 15 is 0 Å². The number of benzene rings is 2. The molecule has 0 saturated heterocycles. The van der Waals surface area contributed by atoms with Crippen molar-refractivity contribution in [1.82, 2.24) is 0 Å². The minimum atomic E-state index is -0.393. The number of hydrogen-bond donors (Lipinski definition) is 1. The highest BCUT2D eigenvalue weighted by atomic mass is 16.6. The summed E-state index contributed by atoms with van der Waals surface area (Å²) in [7, 11) is 4.68. The van der Waals surface area contributed by atoms with Crippen LogP contribution in [0, 0.1) is 0 Å². The van der Waals surface area contributed by atoms with Gasteiger partial charge in [-0.05, 0) is 29.3 Å². The third-order valence-corrected chi connectivity index (χ3v) is 5.51. The van der Waals surface area contributed by atoms with E-state index in [-0.39, 0.29) is 12.6 Å². The third-order valence-electron chi connectivity index (χ3n) is 5.51. The predicted molar refractivity (Wildman–Crippen MR) is 107 cm³/mol. The van der Waals surface area contributed by atoms with Crippen molar-refractivity contribution < 1.29 is 33.2 Å². The molecule has 2 aromatic rings. The molecular weight excluding hydrogens is 390 g/mol. The molecule has 0 saturated carbocycles. The molecule has 5 rings (SSSR count). The van der Waals surface area contributed by atoms with Gasteiger partial charge in [-0.15, -0.1) is 0 Å². The molecule has 0 amide bonds. The molecule has 0 aromatic heterocycles. The highest BCUT2D eigenvalue weighted by molar-refractivity contribution is 5.97. The monoisotopic (exact) mass is 411 g/mol. The molecule has 0 unspecified atom stereocenters. The van der Waals surface area contributed by atoms with E-state index < -0.39 is 5.92 Å². The van der Waals surface area contributed by atoms with Crippen LogP contribution in [0.4, 0.5) is 5.69 Å². The Labute approximate surface area is 173 Å². The summed E-state index contributed by atoms with van der Waals surface area (Å²) < 4.78 is 33.4. The molecule has 156 valence electrons. The van der Waals surface area contributed by atoms with E-state index in [0.717, 1.165) is 22.5 Å². The zero-order chi connectivity index (χ0) is 20.8. The number of carbonyl (C=O) groups excluding carboxylic acids is 1. The number of esters is 1. The number of rotatable bonds is 4. The van der Waals surface area contributed by atoms with Crippen LogP contribution in [0.5, 0.6) is 28.7 Å². The number of ether oxygens (including phenoxy) is 6. The fraction of sp³-hybridized carbons (Fsp3) is 0.318. The maximum atomic E-state index is 12.7. The highest BCUT2D eigenvalue weighted by Gasteiger charge is 2.40. The van der Waals surface area contributed by atoms with E-state index in [0.29, 0.717) is 47.5 Å². The molecule has 1 atom stereocenters. The molecule has 0 aliphatic carbocycles. The average Bonchev–Trinajstić information content (AvgIpc) is 3.15. The Balaban J connectivity index is 1.73. The van der Waals surface area contributed by atoms with Gasteiger partial charge in [0.05, 0.1) is 32.6 Å². The van der Waals surface area contributed by atoms with Crippen molar-refractivity contribution in [1.29, 1.82) is 0 Å². The smallest absolute Gasteiger partial charge is 0.337 e. The minimum absolute atomic E-state index is 0.197. The normalized spacial score (nSPS) is 18.8. The van der Waals surface area contributed by atoms with Gasteiger partial charge in [0.25, 0.3) is 0 Å². The zero-order valence-electron chi connectivity index (χ0n) is 16.9. The van der Waals surface area contributed by atoms with Gasteiger partial charge in [0.2, 0.25) is 5.75 Å². The van der Waals surface area contributed by atoms with E-state index in [4.69, 9.17) is 28.4 Å². The molecule has 1 N–H and O–H groups in total. The minimum Gasteiger partial charge on any atom is -0.493 e. The molecule has 30 heavy (non-hydrogen) atoms. The van der Waals surface area contributed by atoms with Gasteiger partial charge in [-0.1, -0.05) is 0 Å². The maximum absolute atomic E-state index is 12.7. The summed E-state index contributed by atoms with van der Waals surface area (Å²) in [4.78, 5) is 12.7. The fourth-order valence-corrected chi connectivity index (χ4v) is 4.20. The van der Waals surface area contributed by atoms with Crippen molar-refractivity contribution in [3.05, 3.63) is 46.7 Å². The van der Waals surface area contributed by atoms with E-state index in [1.807, 2.05) is 24.3 Å². The van der Waals surface area contributed by atoms with Gasteiger partial charge in [0.1, 0.15) is 19.8 Å². The van der Waals surface area contributed by atoms with Gasteiger partial charge in [-0.3, -0.25) is 0 Å². The number of fused-ring (bicyclic) bond motifs is 2. The standard InChI is InChI=1S/C22H21NO7/c1-25-17-6-11(7-18(26-2)21(17)27-3)19-12-8-15-16(29-5-4-28-15)9-13(12)23-14-10-30-22(24)20(14)19/h6-9,19,23H,4-5,10H2,1-3H3/t19-/m1/s1. The maximum Gasteiger partial charge on any atom is 0.337 e. The van der Waals surface area contributed by atoms with Crippen LogP contribution in [0.2, 0.25) is 0 Å². The third kappa shape index (κ3) is 2.71. The van der Waals surface area contributed by atoms with Gasteiger partial charge in [-0.2, -0.15) is 0 Å². The Kier molecular flexibility index (Phi) is 4.34. The zero-order valence-corrected chi connectivity index (χ0v) is 16.9. The summed E-state index contributed by atoms with van der Waals surface area (Å²) in [6, 6.07) is 7.53. The topological polar surface area (TPSA) is 84.5 Å². The molecule has 2 aromatic carbocycles. The van der Waals surface area contributed by atoms with Crippen LogP contribution in [0.3, 0.4) is 0 Å². The van der Waals surface area contributed by atoms with Crippen LogP contribution >= 0.6 is 0 Å². The molecule has 0 bridgehead atoms. The predicted octanol–water partition coefficient (Wildman–Crippen LogP) is 2.85. The Hall–Kier alpha value is -3.55. The molecular formula is C22H21NO7. The number of cyclic esters (lactones) is 1. The molecule has 8 heteroatoms. The van der Waals surface area contributed by atoms with E-state index in [1.54, 1.807) is 21.3 Å². The van der Waals surface area contributed by atoms with Gasteiger partial charge in [-0.25, -0.2) is 4.79 Å². The summed E-state index contributed by atoms with van der Waals surface area (Å²) in [5.74, 6) is 2.09. The van der Waals surface area contributed by atoms with E-state index in [9.17, 15) is 4.79 Å². The molecule has 0 radical (unpaired) electrons. The van der Waals surface area contributed by atoms with E-state index in [2.05, 4.69) is 5.32 Å². The van der Waals surface area contributed by atoms with Gasteiger partial charge in [0.15, 0.2) is 23.0 Å². The second-order valence-electron chi connectivity index (χ2n) is 7.07. The summed E-state index contributed by atoms with van der Waals surface area (Å²) in [5.41, 5.74) is 3.84. The van der Waals surface area contributed by atoms with Crippen molar-refractivity contribution in [3.63, 3.8) is 0 Å². The van der Waals surface area contributed by atoms with Crippen LogP contribution in [0.15, 0.2) is 35.5 Å². The van der Waals surface area contributed by atoms with Crippen molar-refractivity contribution in [2.75, 3.05) is 46.5 Å². The Morgan fingerprint density at radius 1 is 0.900 bits per heavy atom. The highest BCUT2D eigenvalue weighted by Crippen LogP contribution is 2.50. The van der Waals surface area contributed by atoms with Crippen molar-refractivity contribution in [2.45, 2.75) is 5.92 Å². The lowest BCUT2D eigenvalue weighted by Crippen LogP contribution is -2.22. The quantitative estimate of drug-likeness (QED) is 0.769. The van der Waals surface area contributed by atoms with Crippen molar-refractivity contribution in [3.8, 4) is 28.7 Å². The summed E-state index contributed by atoms with van der Waals surface area (Å²) in [6.07, 6.45) is 0. The molecule has 0 spiro atoms. The van der Waals surface area contributed by atoms with Crippen LogP contribution < -0.4 is 29.0 Å². The van der Waals surface area contributed by atoms with Gasteiger partial charge >= 0.3 is 5.97 Å². The second kappa shape index (κ2) is 7.05. The fourth-order valence-electron chi connectivity index (χ4n) is 4.20. The second-order valence-corrected chi connectivity index (χ2v) is 7.07. The number of methoxy groups -OCH3 is 3. The lowest BCUT2D eigenvalue weighted by molar-refractivity contribution is -0.136. The van der Waals surface area contributed by atoms with Crippen LogP contribution in [-0.2, 0) is 9.53 Å². The molecule has 8 nitrogen and oxygen atoms in total. The van der Waals surface area contributed by atoms with Crippen molar-refractivity contribution >= 4 is 11.7 Å². The molecule has 3 heterocycles. The van der Waals surface area contributed by atoms with E-state index in [1.165, 1.54) is 0 Å². The van der Waals surface area contributed by atoms with Gasteiger partial charge < -0.3 is 33.7 Å². The number of nitrogens with one attached hydrogen (secondary N) is 1. The first-order chi connectivity index (χ1) is 14.6. The SMILES string of the molecule is COc1cc([C@H]2C3=C(COC3=O)Nc3cc4c(cc32)OCCO4)cc(OC)c1OC. The van der Waals surface area contributed by atoms with Crippen molar-refractivity contribution in [2.24, 2.45) is 0 Å².